The van der Waals surface area contributed by atoms with Crippen LogP contribution >= 0.6 is 0 Å². The summed E-state index contributed by atoms with van der Waals surface area (Å²) in [6.07, 6.45) is 2.02. The number of hydrogen-bond donors (Lipinski definition) is 2. The van der Waals surface area contributed by atoms with Gasteiger partial charge in [0.2, 0.25) is 0 Å². The third-order valence-corrected chi connectivity index (χ3v) is 4.21. The molecule has 0 radical (unpaired) electrons. The van der Waals surface area contributed by atoms with Gasteiger partial charge in [0.15, 0.2) is 0 Å². The minimum Gasteiger partial charge on any atom is -0.497 e. The Kier molecular flexibility index (Phi) is 6.28. The molecule has 2 rings (SSSR count). The highest BCUT2D eigenvalue weighted by molar-refractivity contribution is 5.77. The van der Waals surface area contributed by atoms with Crippen LogP contribution in [0.15, 0.2) is 18.2 Å². The number of amides is 2. The summed E-state index contributed by atoms with van der Waals surface area (Å²) in [5, 5.41) is 11.8. The molecule has 2 N–H and O–H groups in total. The SMILES string of the molecule is COc1ccc(OC)c(CCCNC(=O)N2CCC(C(=O)O)C2)c1. The summed E-state index contributed by atoms with van der Waals surface area (Å²) < 4.78 is 10.5. The second-order valence-corrected chi connectivity index (χ2v) is 5.78. The lowest BCUT2D eigenvalue weighted by atomic mass is 10.1. The zero-order valence-electron chi connectivity index (χ0n) is 14.1. The molecule has 132 valence electrons. The minimum atomic E-state index is -0.838. The van der Waals surface area contributed by atoms with Gasteiger partial charge >= 0.3 is 12.0 Å². The molecule has 1 atom stereocenters. The summed E-state index contributed by atoms with van der Waals surface area (Å²) >= 11 is 0. The lowest BCUT2D eigenvalue weighted by Gasteiger charge is -2.17. The Labute approximate surface area is 141 Å². The van der Waals surface area contributed by atoms with Gasteiger partial charge in [0.25, 0.3) is 0 Å². The normalized spacial score (nSPS) is 16.8. The van der Waals surface area contributed by atoms with Crippen LogP contribution < -0.4 is 14.8 Å². The highest BCUT2D eigenvalue weighted by Crippen LogP contribution is 2.25. The van der Waals surface area contributed by atoms with E-state index < -0.39 is 11.9 Å². The first kappa shape index (κ1) is 17.9. The largest absolute Gasteiger partial charge is 0.497 e. The topological polar surface area (TPSA) is 88.1 Å². The molecule has 2 amide bonds. The lowest BCUT2D eigenvalue weighted by Crippen LogP contribution is -2.39. The van der Waals surface area contributed by atoms with Crippen molar-refractivity contribution in [2.75, 3.05) is 33.9 Å². The summed E-state index contributed by atoms with van der Waals surface area (Å²) in [4.78, 5) is 24.5. The molecule has 1 aromatic rings. The quantitative estimate of drug-likeness (QED) is 0.741. The summed E-state index contributed by atoms with van der Waals surface area (Å²) in [6.45, 7) is 1.30. The smallest absolute Gasteiger partial charge is 0.317 e. The maximum absolute atomic E-state index is 12.0. The van der Waals surface area contributed by atoms with Gasteiger partial charge in [-0.05, 0) is 43.0 Å². The van der Waals surface area contributed by atoms with Gasteiger partial charge in [-0.3, -0.25) is 4.79 Å². The lowest BCUT2D eigenvalue weighted by molar-refractivity contribution is -0.141. The van der Waals surface area contributed by atoms with Crippen LogP contribution in [0.5, 0.6) is 11.5 Å². The second kappa shape index (κ2) is 8.42. The monoisotopic (exact) mass is 336 g/mol. The first-order valence-electron chi connectivity index (χ1n) is 8.01. The molecule has 1 fully saturated rings. The van der Waals surface area contributed by atoms with E-state index in [-0.39, 0.29) is 12.6 Å². The van der Waals surface area contributed by atoms with Crippen molar-refractivity contribution in [1.29, 1.82) is 0 Å². The number of rotatable bonds is 7. The molecule has 1 aromatic carbocycles. The summed E-state index contributed by atoms with van der Waals surface area (Å²) in [5.41, 5.74) is 1.03. The summed E-state index contributed by atoms with van der Waals surface area (Å²) in [7, 11) is 3.24. The third-order valence-electron chi connectivity index (χ3n) is 4.21. The number of carboxylic acids is 1. The van der Waals surface area contributed by atoms with Crippen molar-refractivity contribution in [3.05, 3.63) is 23.8 Å². The van der Waals surface area contributed by atoms with E-state index in [0.717, 1.165) is 29.9 Å². The molecule has 7 heteroatoms. The number of benzene rings is 1. The Morgan fingerprint density at radius 2 is 2.12 bits per heavy atom. The van der Waals surface area contributed by atoms with Crippen LogP contribution in [0.2, 0.25) is 0 Å². The Bertz CT molecular complexity index is 590. The molecule has 0 aliphatic carbocycles. The van der Waals surface area contributed by atoms with E-state index in [2.05, 4.69) is 5.32 Å². The van der Waals surface area contributed by atoms with Crippen LogP contribution in [0.25, 0.3) is 0 Å². The number of urea groups is 1. The van der Waals surface area contributed by atoms with Crippen LogP contribution in [-0.2, 0) is 11.2 Å². The molecule has 7 nitrogen and oxygen atoms in total. The maximum Gasteiger partial charge on any atom is 0.317 e. The number of likely N-dealkylation sites (tertiary alicyclic amines) is 1. The molecule has 0 saturated carbocycles. The van der Waals surface area contributed by atoms with Gasteiger partial charge in [-0.2, -0.15) is 0 Å². The first-order valence-corrected chi connectivity index (χ1v) is 8.01. The molecular formula is C17H24N2O5. The number of carbonyl (C=O) groups excluding carboxylic acids is 1. The highest BCUT2D eigenvalue weighted by atomic mass is 16.5. The number of carbonyl (C=O) groups is 2. The van der Waals surface area contributed by atoms with Crippen LogP contribution in [0.4, 0.5) is 4.79 Å². The molecule has 0 spiro atoms. The van der Waals surface area contributed by atoms with Crippen molar-refractivity contribution in [2.45, 2.75) is 19.3 Å². The number of carboxylic acid groups (broad SMARTS) is 1. The van der Waals surface area contributed by atoms with Crippen molar-refractivity contribution < 1.29 is 24.2 Å². The van der Waals surface area contributed by atoms with E-state index >= 15 is 0 Å². The van der Waals surface area contributed by atoms with Gasteiger partial charge in [-0.15, -0.1) is 0 Å². The Balaban J connectivity index is 1.77. The summed E-state index contributed by atoms with van der Waals surface area (Å²) in [6, 6.07) is 5.44. The maximum atomic E-state index is 12.0. The van der Waals surface area contributed by atoms with E-state index in [1.165, 1.54) is 0 Å². The van der Waals surface area contributed by atoms with Gasteiger partial charge in [-0.1, -0.05) is 0 Å². The third kappa shape index (κ3) is 4.53. The van der Waals surface area contributed by atoms with Crippen LogP contribution in [0.1, 0.15) is 18.4 Å². The first-order chi connectivity index (χ1) is 11.5. The van der Waals surface area contributed by atoms with E-state index in [4.69, 9.17) is 14.6 Å². The van der Waals surface area contributed by atoms with Crippen LogP contribution in [0.3, 0.4) is 0 Å². The number of aliphatic carboxylic acids is 1. The predicted octanol–water partition coefficient (Wildman–Crippen LogP) is 1.75. The van der Waals surface area contributed by atoms with Crippen molar-refractivity contribution in [2.24, 2.45) is 5.92 Å². The zero-order valence-corrected chi connectivity index (χ0v) is 14.1. The van der Waals surface area contributed by atoms with Gasteiger partial charge in [-0.25, -0.2) is 4.79 Å². The second-order valence-electron chi connectivity index (χ2n) is 5.78. The van der Waals surface area contributed by atoms with E-state index in [0.29, 0.717) is 19.5 Å². The van der Waals surface area contributed by atoms with Crippen LogP contribution in [0, 0.1) is 5.92 Å². The van der Waals surface area contributed by atoms with Gasteiger partial charge in [0.05, 0.1) is 20.1 Å². The van der Waals surface area contributed by atoms with Gasteiger partial charge in [0.1, 0.15) is 11.5 Å². The average Bonchev–Trinajstić information content (AvgIpc) is 3.08. The van der Waals surface area contributed by atoms with Crippen molar-refractivity contribution in [3.8, 4) is 11.5 Å². The minimum absolute atomic E-state index is 0.198. The number of nitrogens with zero attached hydrogens (tertiary/aromatic N) is 1. The predicted molar refractivity (Wildman–Crippen MR) is 88.6 cm³/mol. The number of hydrogen-bond acceptors (Lipinski definition) is 4. The fraction of sp³-hybridized carbons (Fsp3) is 0.529. The number of ether oxygens (including phenoxy) is 2. The molecule has 1 aliphatic rings. The molecule has 1 unspecified atom stereocenters. The van der Waals surface area contributed by atoms with E-state index in [1.807, 2.05) is 18.2 Å². The molecule has 0 bridgehead atoms. The van der Waals surface area contributed by atoms with Crippen LogP contribution in [-0.4, -0.2) is 55.9 Å². The standard InChI is InChI=1S/C17H24N2O5/c1-23-14-5-6-15(24-2)12(10-14)4-3-8-18-17(22)19-9-7-13(11-19)16(20)21/h5-6,10,13H,3-4,7-9,11H2,1-2H3,(H,18,22)(H,20,21). The fourth-order valence-electron chi connectivity index (χ4n) is 2.81. The Morgan fingerprint density at radius 3 is 2.75 bits per heavy atom. The fourth-order valence-corrected chi connectivity index (χ4v) is 2.81. The Morgan fingerprint density at radius 1 is 1.33 bits per heavy atom. The van der Waals surface area contributed by atoms with Gasteiger partial charge in [0, 0.05) is 19.6 Å². The molecule has 0 aromatic heterocycles. The van der Waals surface area contributed by atoms with E-state index in [1.54, 1.807) is 19.1 Å². The molecule has 1 saturated heterocycles. The molecule has 24 heavy (non-hydrogen) atoms. The zero-order chi connectivity index (χ0) is 17.5. The average molecular weight is 336 g/mol. The van der Waals surface area contributed by atoms with Crippen molar-refractivity contribution in [3.63, 3.8) is 0 Å². The summed E-state index contributed by atoms with van der Waals surface area (Å²) in [5.74, 6) is 0.282. The molecular weight excluding hydrogens is 312 g/mol. The Hall–Kier alpha value is -2.44. The highest BCUT2D eigenvalue weighted by Gasteiger charge is 2.30. The number of methoxy groups -OCH3 is 2. The van der Waals surface area contributed by atoms with E-state index in [9.17, 15) is 9.59 Å². The molecule has 1 heterocycles. The van der Waals surface area contributed by atoms with Gasteiger partial charge < -0.3 is 24.8 Å². The number of aryl methyl sites for hydroxylation is 1. The van der Waals surface area contributed by atoms with Crippen molar-refractivity contribution >= 4 is 12.0 Å². The van der Waals surface area contributed by atoms with Crippen molar-refractivity contribution in [1.82, 2.24) is 10.2 Å². The number of nitrogens with one attached hydrogen (secondary N) is 1. The molecule has 1 aliphatic heterocycles.